The van der Waals surface area contributed by atoms with Crippen molar-refractivity contribution in [2.24, 2.45) is 5.92 Å². The molecule has 1 aliphatic heterocycles. The quantitative estimate of drug-likeness (QED) is 0.863. The van der Waals surface area contributed by atoms with Crippen LogP contribution in [0.4, 0.5) is 16.4 Å². The predicted molar refractivity (Wildman–Crippen MR) is 104 cm³/mol. The van der Waals surface area contributed by atoms with Crippen LogP contribution in [0, 0.1) is 5.92 Å². The monoisotopic (exact) mass is 374 g/mol. The smallest absolute Gasteiger partial charge is 0.414 e. The van der Waals surface area contributed by atoms with Crippen LogP contribution in [0.15, 0.2) is 6.20 Å². The highest BCUT2D eigenvalue weighted by Crippen LogP contribution is 2.57. The van der Waals surface area contributed by atoms with Gasteiger partial charge in [0.05, 0.1) is 29.7 Å². The van der Waals surface area contributed by atoms with Crippen molar-refractivity contribution < 1.29 is 14.3 Å². The molecule has 1 aromatic heterocycles. The first-order chi connectivity index (χ1) is 12.7. The van der Waals surface area contributed by atoms with Gasteiger partial charge in [-0.1, -0.05) is 33.1 Å². The Morgan fingerprint density at radius 3 is 2.52 bits per heavy atom. The minimum atomic E-state index is -0.554. The summed E-state index contributed by atoms with van der Waals surface area (Å²) < 4.78 is 5.17. The molecule has 1 saturated carbocycles. The molecule has 1 N–H and O–H groups in total. The summed E-state index contributed by atoms with van der Waals surface area (Å²) in [6.45, 7) is 10.1. The van der Waals surface area contributed by atoms with Crippen molar-refractivity contribution in [3.63, 3.8) is 0 Å². The molecule has 0 atom stereocenters. The predicted octanol–water partition coefficient (Wildman–Crippen LogP) is 4.03. The molecule has 1 aliphatic carbocycles. The van der Waals surface area contributed by atoms with Gasteiger partial charge in [0, 0.05) is 12.3 Å². The van der Waals surface area contributed by atoms with E-state index in [1.54, 1.807) is 13.1 Å². The van der Waals surface area contributed by atoms with Gasteiger partial charge in [0.2, 0.25) is 11.9 Å². The molecule has 2 amide bonds. The van der Waals surface area contributed by atoms with Gasteiger partial charge in [-0.25, -0.2) is 14.8 Å². The fourth-order valence-electron chi connectivity index (χ4n) is 4.69. The summed E-state index contributed by atoms with van der Waals surface area (Å²) in [5, 5.41) is 2.63. The average molecular weight is 374 g/mol. The van der Waals surface area contributed by atoms with E-state index in [0.29, 0.717) is 6.61 Å². The summed E-state index contributed by atoms with van der Waals surface area (Å²) in [4.78, 5) is 35.3. The van der Waals surface area contributed by atoms with E-state index in [2.05, 4.69) is 24.1 Å². The first-order valence-electron chi connectivity index (χ1n) is 9.81. The van der Waals surface area contributed by atoms with Crippen molar-refractivity contribution in [2.45, 2.75) is 77.7 Å². The normalized spacial score (nSPS) is 19.9. The van der Waals surface area contributed by atoms with Crippen LogP contribution in [0.1, 0.15) is 72.4 Å². The third-order valence-electron chi connectivity index (χ3n) is 5.98. The number of ether oxygens (including phenoxy) is 1. The van der Waals surface area contributed by atoms with Crippen LogP contribution >= 0.6 is 0 Å². The molecule has 0 bridgehead atoms. The van der Waals surface area contributed by atoms with Crippen LogP contribution in [0.3, 0.4) is 0 Å². The molecule has 2 aliphatic rings. The van der Waals surface area contributed by atoms with Gasteiger partial charge < -0.3 is 9.64 Å². The molecule has 0 unspecified atom stereocenters. The highest BCUT2D eigenvalue weighted by atomic mass is 16.5. The van der Waals surface area contributed by atoms with Crippen LogP contribution in [-0.2, 0) is 14.9 Å². The third-order valence-corrected chi connectivity index (χ3v) is 5.98. The van der Waals surface area contributed by atoms with Crippen LogP contribution in [0.25, 0.3) is 0 Å². The SMILES string of the molecule is CC(=O)N1c2cnc(NC(=O)OCC(C)C)nc2C2(CCCCC2)C1(C)C. The zero-order valence-electron chi connectivity index (χ0n) is 17.0. The number of carbonyl (C=O) groups excluding carboxylic acids is 2. The molecule has 7 nitrogen and oxygen atoms in total. The first kappa shape index (κ1) is 19.6. The average Bonchev–Trinajstić information content (AvgIpc) is 2.78. The first-order valence-corrected chi connectivity index (χ1v) is 9.81. The molecule has 1 fully saturated rings. The Morgan fingerprint density at radius 1 is 1.26 bits per heavy atom. The molecule has 7 heteroatoms. The maximum atomic E-state index is 12.4. The fourth-order valence-corrected chi connectivity index (χ4v) is 4.69. The summed E-state index contributed by atoms with van der Waals surface area (Å²) in [5.74, 6) is 0.477. The second kappa shape index (κ2) is 7.09. The Morgan fingerprint density at radius 2 is 1.93 bits per heavy atom. The molecule has 3 rings (SSSR count). The summed E-state index contributed by atoms with van der Waals surface area (Å²) in [5.41, 5.74) is 1.03. The van der Waals surface area contributed by atoms with E-state index in [0.717, 1.165) is 37.1 Å². The Hall–Kier alpha value is -2.18. The maximum Gasteiger partial charge on any atom is 0.414 e. The number of fused-ring (bicyclic) bond motifs is 2. The summed E-state index contributed by atoms with van der Waals surface area (Å²) in [6.07, 6.45) is 6.48. The number of hydrogen-bond donors (Lipinski definition) is 1. The van der Waals surface area contributed by atoms with Gasteiger partial charge in [-0.05, 0) is 32.6 Å². The Kier molecular flexibility index (Phi) is 5.14. The Bertz CT molecular complexity index is 739. The zero-order chi connectivity index (χ0) is 19.8. The van der Waals surface area contributed by atoms with Gasteiger partial charge in [-0.15, -0.1) is 0 Å². The van der Waals surface area contributed by atoms with E-state index in [1.165, 1.54) is 6.42 Å². The summed E-state index contributed by atoms with van der Waals surface area (Å²) in [7, 11) is 0. The number of carbonyl (C=O) groups is 2. The van der Waals surface area contributed by atoms with Crippen molar-refractivity contribution in [2.75, 3.05) is 16.8 Å². The molecular formula is C20H30N4O3. The summed E-state index contributed by atoms with van der Waals surface area (Å²) >= 11 is 0. The van der Waals surface area contributed by atoms with Crippen LogP contribution < -0.4 is 10.2 Å². The second-order valence-corrected chi connectivity index (χ2v) is 8.60. The lowest BCUT2D eigenvalue weighted by molar-refractivity contribution is -0.118. The van der Waals surface area contributed by atoms with Crippen molar-refractivity contribution >= 4 is 23.6 Å². The largest absolute Gasteiger partial charge is 0.449 e. The van der Waals surface area contributed by atoms with Crippen LogP contribution in [0.2, 0.25) is 0 Å². The standard InChI is InChI=1S/C20H30N4O3/c1-13(2)12-27-18(26)23-17-21-11-15-16(22-17)20(9-7-6-8-10-20)19(4,5)24(15)14(3)25/h11,13H,6-10,12H2,1-5H3,(H,21,22,23,26). The lowest BCUT2D eigenvalue weighted by Crippen LogP contribution is -2.56. The van der Waals surface area contributed by atoms with Crippen molar-refractivity contribution in [3.8, 4) is 0 Å². The van der Waals surface area contributed by atoms with Gasteiger partial charge >= 0.3 is 6.09 Å². The second-order valence-electron chi connectivity index (χ2n) is 8.60. The number of anilines is 2. The van der Waals surface area contributed by atoms with Gasteiger partial charge in [0.1, 0.15) is 0 Å². The molecule has 0 aromatic carbocycles. The maximum absolute atomic E-state index is 12.4. The minimum Gasteiger partial charge on any atom is -0.449 e. The van der Waals surface area contributed by atoms with Crippen molar-refractivity contribution in [1.29, 1.82) is 0 Å². The molecule has 148 valence electrons. The topological polar surface area (TPSA) is 84.4 Å². The van der Waals surface area contributed by atoms with E-state index >= 15 is 0 Å². The van der Waals surface area contributed by atoms with Gasteiger partial charge in [-0.2, -0.15) is 0 Å². The highest BCUT2D eigenvalue weighted by Gasteiger charge is 2.59. The molecule has 1 aromatic rings. The minimum absolute atomic E-state index is 0.00986. The van der Waals surface area contributed by atoms with Gasteiger partial charge in [0.25, 0.3) is 0 Å². The molecule has 2 heterocycles. The molecule has 27 heavy (non-hydrogen) atoms. The number of hydrogen-bond acceptors (Lipinski definition) is 5. The lowest BCUT2D eigenvalue weighted by atomic mass is 9.62. The molecular weight excluding hydrogens is 344 g/mol. The molecule has 1 spiro atoms. The van der Waals surface area contributed by atoms with Crippen molar-refractivity contribution in [1.82, 2.24) is 9.97 Å². The van der Waals surface area contributed by atoms with E-state index < -0.39 is 6.09 Å². The number of amides is 2. The molecule has 0 saturated heterocycles. The highest BCUT2D eigenvalue weighted by molar-refractivity contribution is 5.96. The third kappa shape index (κ3) is 3.28. The molecule has 0 radical (unpaired) electrons. The van der Waals surface area contributed by atoms with Gasteiger partial charge in [-0.3, -0.25) is 10.1 Å². The number of nitrogens with one attached hydrogen (secondary N) is 1. The summed E-state index contributed by atoms with van der Waals surface area (Å²) in [6, 6.07) is 0. The lowest BCUT2D eigenvalue weighted by Gasteiger charge is -2.47. The van der Waals surface area contributed by atoms with E-state index in [1.807, 2.05) is 18.7 Å². The fraction of sp³-hybridized carbons (Fsp3) is 0.700. The number of nitrogens with zero attached hydrogens (tertiary/aromatic N) is 3. The van der Waals surface area contributed by atoms with Gasteiger partial charge in [0.15, 0.2) is 0 Å². The van der Waals surface area contributed by atoms with Crippen LogP contribution in [-0.4, -0.2) is 34.1 Å². The number of aromatic nitrogens is 2. The van der Waals surface area contributed by atoms with E-state index in [4.69, 9.17) is 9.72 Å². The number of rotatable bonds is 3. The Balaban J connectivity index is 1.97. The zero-order valence-corrected chi connectivity index (χ0v) is 17.0. The van der Waals surface area contributed by atoms with E-state index in [9.17, 15) is 9.59 Å². The Labute approximate surface area is 160 Å². The van der Waals surface area contributed by atoms with E-state index in [-0.39, 0.29) is 28.7 Å². The van der Waals surface area contributed by atoms with Crippen LogP contribution in [0.5, 0.6) is 0 Å². The van der Waals surface area contributed by atoms with Crippen molar-refractivity contribution in [3.05, 3.63) is 11.9 Å².